The molecule has 10 heteroatoms. The van der Waals surface area contributed by atoms with Crippen LogP contribution in [0.3, 0.4) is 0 Å². The molecule has 0 aliphatic heterocycles. The molecule has 0 aromatic heterocycles. The molecule has 39 heavy (non-hydrogen) atoms. The predicted molar refractivity (Wildman–Crippen MR) is 144 cm³/mol. The molecule has 210 valence electrons. The number of phenols is 1. The number of amides is 1. The summed E-state index contributed by atoms with van der Waals surface area (Å²) in [6, 6.07) is 1.51. The number of Topliss-reactive ketones (excluding diaryl/α,β-unsaturated/α-hetero) is 2. The fourth-order valence-corrected chi connectivity index (χ4v) is 6.71. The summed E-state index contributed by atoms with van der Waals surface area (Å²) in [6.07, 6.45) is 3.36. The summed E-state index contributed by atoms with van der Waals surface area (Å²) in [5.41, 5.74) is 2.94. The predicted octanol–water partition coefficient (Wildman–Crippen LogP) is 3.34. The Morgan fingerprint density at radius 1 is 1.21 bits per heavy atom. The van der Waals surface area contributed by atoms with Crippen LogP contribution in [-0.2, 0) is 27.3 Å². The van der Waals surface area contributed by atoms with Crippen LogP contribution in [0.1, 0.15) is 62.6 Å². The fraction of sp³-hybridized carbons (Fsp3) is 0.552. The number of halogens is 1. The molecule has 3 atom stereocenters. The van der Waals surface area contributed by atoms with E-state index in [1.165, 1.54) is 18.9 Å². The second kappa shape index (κ2) is 9.94. The monoisotopic (exact) mass is 558 g/mol. The van der Waals surface area contributed by atoms with E-state index in [0.29, 0.717) is 29.0 Å². The number of rotatable bonds is 8. The van der Waals surface area contributed by atoms with E-state index >= 15 is 0 Å². The minimum atomic E-state index is -2.57. The van der Waals surface area contributed by atoms with Gasteiger partial charge in [-0.25, -0.2) is 0 Å². The number of carbonyl (C=O) groups excluding carboxylic acids is 3. The molecule has 2 saturated carbocycles. The number of aromatic hydroxyl groups is 1. The zero-order valence-electron chi connectivity index (χ0n) is 22.2. The third-order valence-corrected chi connectivity index (χ3v) is 9.17. The Balaban J connectivity index is 1.53. The Morgan fingerprint density at radius 3 is 2.51 bits per heavy atom. The summed E-state index contributed by atoms with van der Waals surface area (Å²) in [4.78, 5) is 40.3. The molecule has 4 aliphatic rings. The van der Waals surface area contributed by atoms with Crippen LogP contribution in [0, 0.1) is 23.7 Å². The quantitative estimate of drug-likeness (QED) is 0.303. The van der Waals surface area contributed by atoms with Crippen molar-refractivity contribution in [3.8, 4) is 5.75 Å². The van der Waals surface area contributed by atoms with E-state index in [4.69, 9.17) is 17.3 Å². The van der Waals surface area contributed by atoms with Gasteiger partial charge in [0.05, 0.1) is 5.56 Å². The van der Waals surface area contributed by atoms with Crippen LogP contribution < -0.4 is 5.73 Å². The second-order valence-electron chi connectivity index (χ2n) is 12.0. The Morgan fingerprint density at radius 2 is 1.90 bits per heavy atom. The summed E-state index contributed by atoms with van der Waals surface area (Å²) in [6.45, 7) is 6.74. The van der Waals surface area contributed by atoms with Crippen molar-refractivity contribution in [2.75, 3.05) is 13.1 Å². The largest absolute Gasteiger partial charge is 0.508 e. The van der Waals surface area contributed by atoms with Crippen LogP contribution >= 0.6 is 11.6 Å². The number of hydrogen-bond donors (Lipinski definition) is 5. The van der Waals surface area contributed by atoms with Gasteiger partial charge in [-0.3, -0.25) is 19.3 Å². The first-order chi connectivity index (χ1) is 18.3. The molecule has 0 radical (unpaired) electrons. The van der Waals surface area contributed by atoms with E-state index in [2.05, 4.69) is 18.7 Å². The first-order valence-corrected chi connectivity index (χ1v) is 13.9. The molecular formula is C29H35ClN2O7. The van der Waals surface area contributed by atoms with Crippen molar-refractivity contribution in [2.45, 2.75) is 64.5 Å². The van der Waals surface area contributed by atoms with Gasteiger partial charge in [-0.15, -0.1) is 0 Å². The number of benzene rings is 1. The molecular weight excluding hydrogens is 524 g/mol. The molecule has 1 unspecified atom stereocenters. The van der Waals surface area contributed by atoms with Crippen LogP contribution in [0.2, 0.25) is 5.02 Å². The average Bonchev–Trinajstić information content (AvgIpc) is 3.66. The molecule has 5 rings (SSSR count). The summed E-state index contributed by atoms with van der Waals surface area (Å²) in [7, 11) is 0. The number of aliphatic hydroxyl groups is 3. The molecule has 0 heterocycles. The fourth-order valence-electron chi connectivity index (χ4n) is 6.42. The van der Waals surface area contributed by atoms with Crippen LogP contribution in [0.15, 0.2) is 23.0 Å². The van der Waals surface area contributed by atoms with Crippen molar-refractivity contribution >= 4 is 34.8 Å². The molecule has 0 spiro atoms. The SMILES string of the molecule is CC(C)CCN(Cc1cc(O)c2c(c1Cl)CC1C[C@H]3CC(=O)C(C(N)=O)=C(O)[C@@]3(O)C(=O)C1=C2O)CC1CC1. The number of hydrogen-bond acceptors (Lipinski definition) is 8. The van der Waals surface area contributed by atoms with Crippen molar-refractivity contribution in [1.29, 1.82) is 0 Å². The summed E-state index contributed by atoms with van der Waals surface area (Å²) in [5.74, 6) is -5.25. The van der Waals surface area contributed by atoms with Crippen molar-refractivity contribution in [3.05, 3.63) is 44.7 Å². The number of nitrogens with two attached hydrogens (primary N) is 1. The highest BCUT2D eigenvalue weighted by Crippen LogP contribution is 2.53. The van der Waals surface area contributed by atoms with Gasteiger partial charge in [-0.1, -0.05) is 25.4 Å². The Kier molecular flexibility index (Phi) is 7.06. The first kappa shape index (κ1) is 27.7. The van der Waals surface area contributed by atoms with Crippen molar-refractivity contribution in [3.63, 3.8) is 0 Å². The lowest BCUT2D eigenvalue weighted by molar-refractivity contribution is -0.147. The number of nitrogens with zero attached hydrogens (tertiary/aromatic N) is 1. The van der Waals surface area contributed by atoms with Gasteiger partial charge < -0.3 is 26.2 Å². The molecule has 1 amide bonds. The minimum absolute atomic E-state index is 0.0202. The average molecular weight is 559 g/mol. The zero-order valence-corrected chi connectivity index (χ0v) is 22.9. The van der Waals surface area contributed by atoms with Gasteiger partial charge in [0.2, 0.25) is 5.78 Å². The summed E-state index contributed by atoms with van der Waals surface area (Å²) < 4.78 is 0. The molecule has 2 fully saturated rings. The lowest BCUT2D eigenvalue weighted by Gasteiger charge is -2.46. The molecule has 0 bridgehead atoms. The van der Waals surface area contributed by atoms with E-state index in [9.17, 15) is 34.8 Å². The number of phenolic OH excluding ortho intramolecular Hbond substituents is 1. The van der Waals surface area contributed by atoms with Gasteiger partial charge in [0, 0.05) is 36.0 Å². The van der Waals surface area contributed by atoms with Crippen molar-refractivity contribution < 1.29 is 34.8 Å². The highest BCUT2D eigenvalue weighted by molar-refractivity contribution is 6.32. The maximum Gasteiger partial charge on any atom is 0.255 e. The normalized spacial score (nSPS) is 26.7. The van der Waals surface area contributed by atoms with E-state index < -0.39 is 52.0 Å². The third-order valence-electron chi connectivity index (χ3n) is 8.70. The van der Waals surface area contributed by atoms with Gasteiger partial charge in [0.15, 0.2) is 11.4 Å². The highest BCUT2D eigenvalue weighted by atomic mass is 35.5. The Labute approximate surface area is 231 Å². The van der Waals surface area contributed by atoms with Crippen LogP contribution in [0.25, 0.3) is 5.76 Å². The van der Waals surface area contributed by atoms with Gasteiger partial charge in [-0.2, -0.15) is 0 Å². The van der Waals surface area contributed by atoms with Crippen molar-refractivity contribution in [1.82, 2.24) is 4.90 Å². The summed E-state index contributed by atoms with van der Waals surface area (Å²) in [5, 5.41) is 44.7. The maximum atomic E-state index is 13.6. The van der Waals surface area contributed by atoms with E-state index in [1.807, 2.05) is 0 Å². The van der Waals surface area contributed by atoms with Crippen molar-refractivity contribution in [2.24, 2.45) is 29.4 Å². The first-order valence-electron chi connectivity index (χ1n) is 13.6. The highest BCUT2D eigenvalue weighted by Gasteiger charge is 2.60. The van der Waals surface area contributed by atoms with Gasteiger partial charge in [-0.05, 0) is 73.6 Å². The molecule has 1 aromatic carbocycles. The van der Waals surface area contributed by atoms with E-state index in [0.717, 1.165) is 25.1 Å². The molecule has 0 saturated heterocycles. The minimum Gasteiger partial charge on any atom is -0.508 e. The number of primary amides is 1. The Hall–Kier alpha value is -2.88. The van der Waals surface area contributed by atoms with E-state index in [1.54, 1.807) is 0 Å². The van der Waals surface area contributed by atoms with Gasteiger partial charge in [0.25, 0.3) is 5.91 Å². The lowest BCUT2D eigenvalue weighted by atomic mass is 9.59. The molecule has 6 N–H and O–H groups in total. The van der Waals surface area contributed by atoms with Crippen LogP contribution in [-0.4, -0.2) is 61.5 Å². The molecule has 1 aromatic rings. The zero-order chi connectivity index (χ0) is 28.4. The standard InChI is InChI=1S/C29H35ClN2O7/c1-13(2)5-6-32(11-14-3-4-14)12-16-9-19(33)22-18(24(16)30)8-15-7-17-10-20(34)23(28(31)38)27(37)29(17,39)26(36)21(15)25(22)35/h9,13-15,17,33,35,37,39H,3-8,10-12H2,1-2H3,(H2,31,38)/t15?,17-,29-/m0/s1. The number of fused-ring (bicyclic) bond motifs is 3. The third kappa shape index (κ3) is 4.64. The van der Waals surface area contributed by atoms with Gasteiger partial charge in [0.1, 0.15) is 22.8 Å². The van der Waals surface area contributed by atoms with Gasteiger partial charge >= 0.3 is 0 Å². The molecule has 4 aliphatic carbocycles. The smallest absolute Gasteiger partial charge is 0.255 e. The summed E-state index contributed by atoms with van der Waals surface area (Å²) >= 11 is 6.90. The number of carbonyl (C=O) groups is 3. The number of aliphatic hydroxyl groups excluding tert-OH is 2. The number of ketones is 2. The second-order valence-corrected chi connectivity index (χ2v) is 12.4. The lowest BCUT2D eigenvalue weighted by Crippen LogP contribution is -2.58. The maximum absolute atomic E-state index is 13.6. The topological polar surface area (TPSA) is 161 Å². The Bertz CT molecular complexity index is 1330. The van der Waals surface area contributed by atoms with E-state index in [-0.39, 0.29) is 36.1 Å². The van der Waals surface area contributed by atoms with Crippen LogP contribution in [0.5, 0.6) is 5.75 Å². The molecule has 9 nitrogen and oxygen atoms in total. The van der Waals surface area contributed by atoms with Crippen LogP contribution in [0.4, 0.5) is 0 Å².